The predicted octanol–water partition coefficient (Wildman–Crippen LogP) is 2.78. The van der Waals surface area contributed by atoms with Gasteiger partial charge in [-0.15, -0.1) is 22.0 Å². The molecule has 90 valence electrons. The van der Waals surface area contributed by atoms with Crippen LogP contribution in [-0.4, -0.2) is 25.2 Å². The molecular weight excluding hydrogens is 232 g/mol. The van der Waals surface area contributed by atoms with Gasteiger partial charge in [-0.2, -0.15) is 5.10 Å². The Hall–Kier alpha value is -1.36. The van der Waals surface area contributed by atoms with Crippen LogP contribution in [0.25, 0.3) is 5.82 Å². The van der Waals surface area contributed by atoms with Crippen LogP contribution in [0.15, 0.2) is 23.2 Å². The highest BCUT2D eigenvalue weighted by atomic mass is 32.2. The van der Waals surface area contributed by atoms with Gasteiger partial charge in [-0.3, -0.25) is 0 Å². The average molecular weight is 248 g/mol. The summed E-state index contributed by atoms with van der Waals surface area (Å²) in [5.41, 5.74) is 2.06. The van der Waals surface area contributed by atoms with Crippen molar-refractivity contribution in [3.05, 3.63) is 29.6 Å². The first kappa shape index (κ1) is 12.1. The van der Waals surface area contributed by atoms with Gasteiger partial charge in [-0.25, -0.2) is 4.68 Å². The lowest BCUT2D eigenvalue weighted by Gasteiger charge is -2.05. The van der Waals surface area contributed by atoms with Crippen molar-refractivity contribution in [2.24, 2.45) is 0 Å². The van der Waals surface area contributed by atoms with E-state index in [0.29, 0.717) is 5.25 Å². The zero-order valence-corrected chi connectivity index (χ0v) is 11.3. The number of nitrogens with zero attached hydrogens (tertiary/aromatic N) is 4. The van der Waals surface area contributed by atoms with Gasteiger partial charge in [-0.05, 0) is 32.0 Å². The molecule has 0 aliphatic carbocycles. The Kier molecular flexibility index (Phi) is 3.47. The summed E-state index contributed by atoms with van der Waals surface area (Å²) in [6.45, 7) is 8.26. The number of aromatic nitrogens is 4. The van der Waals surface area contributed by atoms with E-state index < -0.39 is 0 Å². The molecule has 0 aliphatic heterocycles. The van der Waals surface area contributed by atoms with E-state index in [1.54, 1.807) is 11.8 Å². The molecule has 0 atom stereocenters. The van der Waals surface area contributed by atoms with Crippen molar-refractivity contribution in [3.63, 3.8) is 0 Å². The molecule has 0 radical (unpaired) electrons. The molecular formula is C12H16N4S. The smallest absolute Gasteiger partial charge is 0.175 e. The third-order valence-electron chi connectivity index (χ3n) is 2.21. The molecule has 2 heterocycles. The van der Waals surface area contributed by atoms with E-state index in [1.807, 2.05) is 36.7 Å². The Balaban J connectivity index is 2.26. The fraction of sp³-hybridized carbons (Fsp3) is 0.417. The highest BCUT2D eigenvalue weighted by Crippen LogP contribution is 2.20. The Morgan fingerprint density at radius 3 is 2.41 bits per heavy atom. The summed E-state index contributed by atoms with van der Waals surface area (Å²) in [6.07, 6.45) is 0. The van der Waals surface area contributed by atoms with Crippen LogP contribution in [0.5, 0.6) is 0 Å². The fourth-order valence-electron chi connectivity index (χ4n) is 1.59. The van der Waals surface area contributed by atoms with Gasteiger partial charge in [0.05, 0.1) is 5.69 Å². The maximum Gasteiger partial charge on any atom is 0.175 e. The molecule has 0 bridgehead atoms. The Morgan fingerprint density at radius 1 is 1.18 bits per heavy atom. The van der Waals surface area contributed by atoms with Crippen LogP contribution in [0.4, 0.5) is 0 Å². The highest BCUT2D eigenvalue weighted by Gasteiger charge is 2.06. The summed E-state index contributed by atoms with van der Waals surface area (Å²) in [6, 6.07) is 5.97. The van der Waals surface area contributed by atoms with Crippen LogP contribution >= 0.6 is 11.8 Å². The molecule has 17 heavy (non-hydrogen) atoms. The Labute approximate surface area is 105 Å². The molecule has 0 amide bonds. The molecule has 0 fully saturated rings. The molecule has 0 aliphatic rings. The zero-order valence-electron chi connectivity index (χ0n) is 10.5. The summed E-state index contributed by atoms with van der Waals surface area (Å²) in [5, 5.41) is 14.2. The van der Waals surface area contributed by atoms with Crippen LogP contribution in [-0.2, 0) is 0 Å². The fourth-order valence-corrected chi connectivity index (χ4v) is 2.31. The second-order valence-electron chi connectivity index (χ2n) is 4.24. The van der Waals surface area contributed by atoms with Gasteiger partial charge in [-0.1, -0.05) is 13.8 Å². The molecule has 0 unspecified atom stereocenters. The first-order valence-corrected chi connectivity index (χ1v) is 6.48. The number of thioether (sulfide) groups is 1. The van der Waals surface area contributed by atoms with Crippen molar-refractivity contribution in [1.82, 2.24) is 20.0 Å². The maximum atomic E-state index is 4.38. The minimum Gasteiger partial charge on any atom is -0.218 e. The van der Waals surface area contributed by atoms with Crippen LogP contribution in [0.1, 0.15) is 25.2 Å². The van der Waals surface area contributed by atoms with Gasteiger partial charge in [0, 0.05) is 10.9 Å². The van der Waals surface area contributed by atoms with Crippen molar-refractivity contribution < 1.29 is 0 Å². The first-order valence-electron chi connectivity index (χ1n) is 5.60. The molecule has 4 nitrogen and oxygen atoms in total. The van der Waals surface area contributed by atoms with Crippen molar-refractivity contribution in [2.75, 3.05) is 0 Å². The van der Waals surface area contributed by atoms with E-state index in [2.05, 4.69) is 29.1 Å². The van der Waals surface area contributed by atoms with Crippen molar-refractivity contribution in [1.29, 1.82) is 0 Å². The van der Waals surface area contributed by atoms with E-state index in [4.69, 9.17) is 0 Å². The lowest BCUT2D eigenvalue weighted by atomic mass is 10.4. The topological polar surface area (TPSA) is 43.6 Å². The largest absolute Gasteiger partial charge is 0.218 e. The molecule has 2 aromatic heterocycles. The minimum absolute atomic E-state index is 0.517. The molecule has 2 rings (SSSR count). The Bertz CT molecular complexity index is 502. The van der Waals surface area contributed by atoms with Crippen LogP contribution in [0.3, 0.4) is 0 Å². The summed E-state index contributed by atoms with van der Waals surface area (Å²) >= 11 is 1.71. The second-order valence-corrected chi connectivity index (χ2v) is 5.83. The molecule has 0 aromatic carbocycles. The second kappa shape index (κ2) is 4.87. The van der Waals surface area contributed by atoms with Gasteiger partial charge >= 0.3 is 0 Å². The van der Waals surface area contributed by atoms with Crippen molar-refractivity contribution in [2.45, 2.75) is 38.0 Å². The summed E-state index contributed by atoms with van der Waals surface area (Å²) < 4.78 is 1.81. The third-order valence-corrected chi connectivity index (χ3v) is 3.14. The number of aryl methyl sites for hydroxylation is 2. The Morgan fingerprint density at radius 2 is 1.94 bits per heavy atom. The molecule has 0 saturated carbocycles. The highest BCUT2D eigenvalue weighted by molar-refractivity contribution is 7.99. The van der Waals surface area contributed by atoms with Gasteiger partial charge < -0.3 is 0 Å². The van der Waals surface area contributed by atoms with Crippen LogP contribution in [0, 0.1) is 13.8 Å². The predicted molar refractivity (Wildman–Crippen MR) is 69.6 cm³/mol. The van der Waals surface area contributed by atoms with Gasteiger partial charge in [0.15, 0.2) is 5.82 Å². The SMILES string of the molecule is Cc1cc(C)n(-c2ccc(SC(C)C)nn2)n1. The monoisotopic (exact) mass is 248 g/mol. The summed E-state index contributed by atoms with van der Waals surface area (Å²) in [5.74, 6) is 0.767. The standard InChI is InChI=1S/C12H16N4S/c1-8(2)17-12-6-5-11(13-14-12)16-10(4)7-9(3)15-16/h5-8H,1-4H3. The number of hydrogen-bond acceptors (Lipinski definition) is 4. The van der Waals surface area contributed by atoms with Gasteiger partial charge in [0.1, 0.15) is 5.03 Å². The van der Waals surface area contributed by atoms with Gasteiger partial charge in [0.25, 0.3) is 0 Å². The molecule has 2 aromatic rings. The molecule has 0 saturated heterocycles. The van der Waals surface area contributed by atoms with E-state index >= 15 is 0 Å². The van der Waals surface area contributed by atoms with Gasteiger partial charge in [0.2, 0.25) is 0 Å². The first-order chi connectivity index (χ1) is 8.06. The molecule has 0 spiro atoms. The van der Waals surface area contributed by atoms with Crippen LogP contribution in [0.2, 0.25) is 0 Å². The quantitative estimate of drug-likeness (QED) is 0.783. The lowest BCUT2D eigenvalue weighted by molar-refractivity contribution is 0.765. The van der Waals surface area contributed by atoms with E-state index in [9.17, 15) is 0 Å². The molecule has 5 heteroatoms. The normalized spacial score (nSPS) is 11.1. The van der Waals surface area contributed by atoms with E-state index in [-0.39, 0.29) is 0 Å². The van der Waals surface area contributed by atoms with Crippen LogP contribution < -0.4 is 0 Å². The van der Waals surface area contributed by atoms with Crippen molar-refractivity contribution in [3.8, 4) is 5.82 Å². The average Bonchev–Trinajstić information content (AvgIpc) is 2.58. The third kappa shape index (κ3) is 2.85. The number of hydrogen-bond donors (Lipinski definition) is 0. The summed E-state index contributed by atoms with van der Waals surface area (Å²) in [4.78, 5) is 0. The lowest BCUT2D eigenvalue weighted by Crippen LogP contribution is -2.03. The molecule has 0 N–H and O–H groups in total. The van der Waals surface area contributed by atoms with E-state index in [0.717, 1.165) is 22.2 Å². The number of rotatable bonds is 3. The van der Waals surface area contributed by atoms with Crippen molar-refractivity contribution >= 4 is 11.8 Å². The summed E-state index contributed by atoms with van der Waals surface area (Å²) in [7, 11) is 0. The van der Waals surface area contributed by atoms with E-state index in [1.165, 1.54) is 0 Å². The minimum atomic E-state index is 0.517. The zero-order chi connectivity index (χ0) is 12.4. The maximum absolute atomic E-state index is 4.38.